The lowest BCUT2D eigenvalue weighted by atomic mass is 9.82. The van der Waals surface area contributed by atoms with Crippen LogP contribution < -0.4 is 14.8 Å². The molecule has 0 radical (unpaired) electrons. The van der Waals surface area contributed by atoms with Crippen LogP contribution in [0.25, 0.3) is 10.4 Å². The first-order chi connectivity index (χ1) is 16.3. The molecule has 2 aromatic carbocycles. The molecule has 0 saturated carbocycles. The summed E-state index contributed by atoms with van der Waals surface area (Å²) < 4.78 is 27.2. The van der Waals surface area contributed by atoms with Crippen LogP contribution in [0.4, 0.5) is 10.8 Å². The van der Waals surface area contributed by atoms with Crippen LogP contribution in [-0.4, -0.2) is 35.1 Å². The van der Waals surface area contributed by atoms with Crippen LogP contribution in [0.15, 0.2) is 47.4 Å². The second-order valence-electron chi connectivity index (χ2n) is 8.88. The molecule has 0 amide bonds. The highest BCUT2D eigenvalue weighted by Gasteiger charge is 2.32. The summed E-state index contributed by atoms with van der Waals surface area (Å²) in [6, 6.07) is 12.9. The maximum atomic E-state index is 13.2. The minimum Gasteiger partial charge on any atom is -0.495 e. The van der Waals surface area contributed by atoms with Crippen LogP contribution in [0.2, 0.25) is 5.02 Å². The van der Waals surface area contributed by atoms with Crippen molar-refractivity contribution in [2.45, 2.75) is 44.0 Å². The van der Waals surface area contributed by atoms with E-state index in [1.54, 1.807) is 30.6 Å². The summed E-state index contributed by atoms with van der Waals surface area (Å²) in [5.41, 5.74) is 2.38. The minimum atomic E-state index is -1.56. The Hall–Kier alpha value is -2.13. The van der Waals surface area contributed by atoms with E-state index in [0.717, 1.165) is 47.3 Å². The van der Waals surface area contributed by atoms with E-state index in [9.17, 15) is 4.21 Å². The number of benzene rings is 2. The summed E-state index contributed by atoms with van der Waals surface area (Å²) in [6.07, 6.45) is 2.09. The van der Waals surface area contributed by atoms with Gasteiger partial charge in [0.1, 0.15) is 10.6 Å². The summed E-state index contributed by atoms with van der Waals surface area (Å²) in [7, 11) is 0.0110. The van der Waals surface area contributed by atoms with Gasteiger partial charge in [0.2, 0.25) is 0 Å². The largest absolute Gasteiger partial charge is 0.495 e. The van der Waals surface area contributed by atoms with E-state index < -0.39 is 11.0 Å². The number of thiazole rings is 1. The van der Waals surface area contributed by atoms with Crippen molar-refractivity contribution in [1.82, 2.24) is 4.98 Å². The standard InChI is InChI=1S/C25H30ClN3O3S2/c1-16-23(33-24(27-16)28-25(2,3)18-11-13-32-14-12-18)17-9-10-21(31-4)22(15-17)34(30)29-20-8-6-5-7-19(20)26/h5-10,15,18,29H,11-14H2,1-4H3,(H,27,28). The van der Waals surface area contributed by atoms with Gasteiger partial charge >= 0.3 is 0 Å². The van der Waals surface area contributed by atoms with E-state index in [1.165, 1.54) is 0 Å². The molecule has 0 spiro atoms. The normalized spacial score (nSPS) is 15.7. The Morgan fingerprint density at radius 2 is 1.94 bits per heavy atom. The summed E-state index contributed by atoms with van der Waals surface area (Å²) in [6.45, 7) is 8.09. The molecule has 34 heavy (non-hydrogen) atoms. The van der Waals surface area contributed by atoms with Crippen molar-refractivity contribution < 1.29 is 13.7 Å². The third kappa shape index (κ3) is 5.57. The summed E-state index contributed by atoms with van der Waals surface area (Å²) in [4.78, 5) is 6.38. The topological polar surface area (TPSA) is 72.5 Å². The molecule has 6 nitrogen and oxygen atoms in total. The molecule has 0 aliphatic carbocycles. The van der Waals surface area contributed by atoms with Crippen molar-refractivity contribution in [3.63, 3.8) is 0 Å². The number of hydrogen-bond acceptors (Lipinski definition) is 6. The first kappa shape index (κ1) is 25.0. The van der Waals surface area contributed by atoms with Gasteiger partial charge in [0, 0.05) is 18.8 Å². The predicted octanol–water partition coefficient (Wildman–Crippen LogP) is 6.53. The van der Waals surface area contributed by atoms with Crippen LogP contribution in [0.5, 0.6) is 5.75 Å². The van der Waals surface area contributed by atoms with Gasteiger partial charge in [0.25, 0.3) is 0 Å². The lowest BCUT2D eigenvalue weighted by Crippen LogP contribution is -2.42. The number of aryl methyl sites for hydroxylation is 1. The average Bonchev–Trinajstić information content (AvgIpc) is 3.19. The summed E-state index contributed by atoms with van der Waals surface area (Å²) in [5.74, 6) is 1.07. The van der Waals surface area contributed by atoms with Gasteiger partial charge in [0.05, 0.1) is 28.4 Å². The SMILES string of the molecule is COc1ccc(-c2sc(NC(C)(C)C3CCOCC3)nc2C)cc1S(=O)Nc1ccccc1Cl. The van der Waals surface area contributed by atoms with E-state index in [-0.39, 0.29) is 5.54 Å². The Morgan fingerprint density at radius 3 is 2.65 bits per heavy atom. The van der Waals surface area contributed by atoms with E-state index in [4.69, 9.17) is 26.1 Å². The fourth-order valence-electron chi connectivity index (χ4n) is 4.18. The van der Waals surface area contributed by atoms with E-state index in [1.807, 2.05) is 37.3 Å². The molecule has 1 saturated heterocycles. The van der Waals surface area contributed by atoms with Gasteiger partial charge in [-0.05, 0) is 75.4 Å². The van der Waals surface area contributed by atoms with Crippen molar-refractivity contribution in [2.24, 2.45) is 5.92 Å². The lowest BCUT2D eigenvalue weighted by molar-refractivity contribution is 0.0491. The number of hydrogen-bond donors (Lipinski definition) is 2. The molecule has 2 N–H and O–H groups in total. The number of halogens is 1. The molecule has 2 heterocycles. The van der Waals surface area contributed by atoms with Gasteiger partial charge in [-0.15, -0.1) is 0 Å². The third-order valence-corrected chi connectivity index (χ3v) is 8.75. The fourth-order valence-corrected chi connectivity index (χ4v) is 6.60. The quantitative estimate of drug-likeness (QED) is 0.354. The maximum absolute atomic E-state index is 13.2. The molecule has 1 fully saturated rings. The second-order valence-corrected chi connectivity index (χ2v) is 11.5. The molecule has 1 unspecified atom stereocenters. The molecule has 9 heteroatoms. The molecule has 0 bridgehead atoms. The molecular formula is C25H30ClN3O3S2. The monoisotopic (exact) mass is 519 g/mol. The number of nitrogens with zero attached hydrogens (tertiary/aromatic N) is 1. The number of ether oxygens (including phenoxy) is 2. The van der Waals surface area contributed by atoms with Gasteiger partial charge < -0.3 is 14.8 Å². The van der Waals surface area contributed by atoms with Crippen LogP contribution in [0.1, 0.15) is 32.4 Å². The highest BCUT2D eigenvalue weighted by atomic mass is 35.5. The van der Waals surface area contributed by atoms with Gasteiger partial charge in [-0.25, -0.2) is 9.19 Å². The molecule has 1 aliphatic heterocycles. The molecule has 1 aromatic heterocycles. The van der Waals surface area contributed by atoms with Crippen molar-refractivity contribution in [1.29, 1.82) is 0 Å². The van der Waals surface area contributed by atoms with Crippen molar-refractivity contribution >= 4 is 44.7 Å². The number of methoxy groups -OCH3 is 1. The third-order valence-electron chi connectivity index (χ3n) is 6.17. The summed E-state index contributed by atoms with van der Waals surface area (Å²) >= 11 is 7.85. The molecule has 3 aromatic rings. The Bertz CT molecular complexity index is 1180. The van der Waals surface area contributed by atoms with Crippen molar-refractivity contribution in [3.8, 4) is 16.2 Å². The Kier molecular flexibility index (Phi) is 7.82. The van der Waals surface area contributed by atoms with E-state index >= 15 is 0 Å². The zero-order chi connectivity index (χ0) is 24.3. The van der Waals surface area contributed by atoms with Crippen LogP contribution in [0.3, 0.4) is 0 Å². The fraction of sp³-hybridized carbons (Fsp3) is 0.400. The van der Waals surface area contributed by atoms with E-state index in [2.05, 4.69) is 23.9 Å². The molecule has 4 rings (SSSR count). The first-order valence-corrected chi connectivity index (χ1v) is 13.6. The second kappa shape index (κ2) is 10.6. The smallest absolute Gasteiger partial charge is 0.183 e. The van der Waals surface area contributed by atoms with Gasteiger partial charge in [0.15, 0.2) is 16.1 Å². The predicted molar refractivity (Wildman–Crippen MR) is 142 cm³/mol. The highest BCUT2D eigenvalue weighted by molar-refractivity contribution is 7.86. The number of aromatic nitrogens is 1. The Balaban J connectivity index is 1.59. The zero-order valence-electron chi connectivity index (χ0n) is 19.8. The number of nitrogens with one attached hydrogen (secondary N) is 2. The summed E-state index contributed by atoms with van der Waals surface area (Å²) in [5, 5.41) is 5.05. The molecular weight excluding hydrogens is 490 g/mol. The lowest BCUT2D eigenvalue weighted by Gasteiger charge is -2.37. The average molecular weight is 520 g/mol. The Morgan fingerprint density at radius 1 is 1.21 bits per heavy atom. The van der Waals surface area contributed by atoms with E-state index in [0.29, 0.717) is 27.3 Å². The van der Waals surface area contributed by atoms with Crippen LogP contribution in [0, 0.1) is 12.8 Å². The van der Waals surface area contributed by atoms with Gasteiger partial charge in [-0.1, -0.05) is 35.1 Å². The molecule has 1 aliphatic rings. The van der Waals surface area contributed by atoms with Crippen molar-refractivity contribution in [3.05, 3.63) is 53.2 Å². The van der Waals surface area contributed by atoms with Gasteiger partial charge in [-0.3, -0.25) is 4.72 Å². The Labute approximate surface area is 212 Å². The maximum Gasteiger partial charge on any atom is 0.183 e. The number of para-hydroxylation sites is 1. The first-order valence-electron chi connectivity index (χ1n) is 11.2. The zero-order valence-corrected chi connectivity index (χ0v) is 22.2. The number of rotatable bonds is 8. The van der Waals surface area contributed by atoms with Gasteiger partial charge in [-0.2, -0.15) is 0 Å². The van der Waals surface area contributed by atoms with Crippen LogP contribution >= 0.6 is 22.9 Å². The minimum absolute atomic E-state index is 0.0865. The van der Waals surface area contributed by atoms with Crippen molar-refractivity contribution in [2.75, 3.05) is 30.4 Å². The molecule has 182 valence electrons. The molecule has 1 atom stereocenters. The number of anilines is 2. The highest BCUT2D eigenvalue weighted by Crippen LogP contribution is 2.39. The van der Waals surface area contributed by atoms with Crippen LogP contribution in [-0.2, 0) is 15.7 Å².